The Morgan fingerprint density at radius 1 is 1.20 bits per heavy atom. The number of rotatable bonds is 9. The highest BCUT2D eigenvalue weighted by molar-refractivity contribution is 5.79. The first-order valence-electron chi connectivity index (χ1n) is 6.13. The molecule has 0 spiro atoms. The highest BCUT2D eigenvalue weighted by atomic mass is 16.1. The lowest BCUT2D eigenvalue weighted by Gasteiger charge is -2.17. The van der Waals surface area contributed by atoms with Crippen LogP contribution in [0, 0.1) is 0 Å². The average molecular weight is 214 g/mol. The summed E-state index contributed by atoms with van der Waals surface area (Å²) in [5.41, 5.74) is 5.18. The van der Waals surface area contributed by atoms with Crippen molar-refractivity contribution >= 4 is 5.91 Å². The van der Waals surface area contributed by atoms with Crippen LogP contribution in [-0.4, -0.2) is 18.0 Å². The van der Waals surface area contributed by atoms with Crippen LogP contribution in [0.25, 0.3) is 0 Å². The Morgan fingerprint density at radius 2 is 1.80 bits per heavy atom. The molecule has 0 heterocycles. The van der Waals surface area contributed by atoms with Crippen molar-refractivity contribution in [2.45, 2.75) is 71.4 Å². The van der Waals surface area contributed by atoms with Crippen LogP contribution in [0.4, 0.5) is 0 Å². The van der Waals surface area contributed by atoms with E-state index in [4.69, 9.17) is 5.73 Å². The molecular formula is C12H26N2O. The van der Waals surface area contributed by atoms with Crippen LogP contribution >= 0.6 is 0 Å². The van der Waals surface area contributed by atoms with Gasteiger partial charge in [-0.2, -0.15) is 0 Å². The molecule has 3 N–H and O–H groups in total. The van der Waals surface area contributed by atoms with Gasteiger partial charge in [-0.25, -0.2) is 0 Å². The number of amides is 1. The molecule has 90 valence electrons. The maximum Gasteiger partial charge on any atom is 0.234 e. The van der Waals surface area contributed by atoms with E-state index in [0.717, 1.165) is 6.42 Å². The van der Waals surface area contributed by atoms with Crippen molar-refractivity contribution in [3.63, 3.8) is 0 Å². The van der Waals surface area contributed by atoms with E-state index in [1.54, 1.807) is 0 Å². The molecule has 0 bridgehead atoms. The monoisotopic (exact) mass is 214 g/mol. The fraction of sp³-hybridized carbons (Fsp3) is 0.917. The molecule has 0 radical (unpaired) electrons. The van der Waals surface area contributed by atoms with Gasteiger partial charge in [0.15, 0.2) is 0 Å². The van der Waals surface area contributed by atoms with Gasteiger partial charge in [0.1, 0.15) is 0 Å². The Bertz CT molecular complexity index is 171. The first-order chi connectivity index (χ1) is 7.07. The lowest BCUT2D eigenvalue weighted by Crippen LogP contribution is -2.43. The number of carbonyl (C=O) groups excluding carboxylic acids is 1. The van der Waals surface area contributed by atoms with Crippen LogP contribution in [0.1, 0.15) is 59.3 Å². The zero-order valence-corrected chi connectivity index (χ0v) is 10.4. The molecule has 0 aliphatic carbocycles. The summed E-state index contributed by atoms with van der Waals surface area (Å²) in [5.74, 6) is -0.271. The minimum atomic E-state index is -0.271. The van der Waals surface area contributed by atoms with Gasteiger partial charge in [0.2, 0.25) is 5.91 Å². The predicted molar refractivity (Wildman–Crippen MR) is 64.6 cm³/mol. The molecule has 0 aromatic heterocycles. The second-order valence-corrected chi connectivity index (χ2v) is 4.39. The summed E-state index contributed by atoms with van der Waals surface area (Å²) in [6, 6.07) is 0.171. The number of unbranched alkanes of at least 4 members (excludes halogenated alkanes) is 4. The van der Waals surface area contributed by atoms with E-state index in [-0.39, 0.29) is 11.9 Å². The molecule has 0 fully saturated rings. The molecule has 0 saturated carbocycles. The topological polar surface area (TPSA) is 55.1 Å². The minimum Gasteiger partial charge on any atom is -0.368 e. The Morgan fingerprint density at radius 3 is 2.33 bits per heavy atom. The second kappa shape index (κ2) is 8.72. The third-order valence-electron chi connectivity index (χ3n) is 2.70. The third-order valence-corrected chi connectivity index (χ3v) is 2.70. The Balaban J connectivity index is 3.40. The molecule has 0 aliphatic rings. The summed E-state index contributed by atoms with van der Waals surface area (Å²) in [5, 5.41) is 3.20. The van der Waals surface area contributed by atoms with Gasteiger partial charge in [-0.05, 0) is 20.3 Å². The lowest BCUT2D eigenvalue weighted by atomic mass is 10.1. The summed E-state index contributed by atoms with van der Waals surface area (Å²) >= 11 is 0. The van der Waals surface area contributed by atoms with Gasteiger partial charge in [-0.3, -0.25) is 4.79 Å². The highest BCUT2D eigenvalue weighted by Gasteiger charge is 2.11. The summed E-state index contributed by atoms with van der Waals surface area (Å²) in [6.07, 6.45) is 7.60. The molecule has 0 rings (SSSR count). The number of hydrogen-bond donors (Lipinski definition) is 2. The second-order valence-electron chi connectivity index (χ2n) is 4.39. The van der Waals surface area contributed by atoms with Crippen molar-refractivity contribution < 1.29 is 4.79 Å². The van der Waals surface area contributed by atoms with E-state index in [2.05, 4.69) is 19.2 Å². The molecule has 3 heteroatoms. The molecule has 15 heavy (non-hydrogen) atoms. The highest BCUT2D eigenvalue weighted by Crippen LogP contribution is 2.07. The van der Waals surface area contributed by atoms with Crippen molar-refractivity contribution in [1.82, 2.24) is 5.32 Å². The predicted octanol–water partition coefficient (Wildman–Crippen LogP) is 2.20. The number of carbonyl (C=O) groups is 1. The lowest BCUT2D eigenvalue weighted by molar-refractivity contribution is -0.119. The van der Waals surface area contributed by atoms with E-state index >= 15 is 0 Å². The zero-order chi connectivity index (χ0) is 11.7. The van der Waals surface area contributed by atoms with Crippen LogP contribution in [0.2, 0.25) is 0 Å². The fourth-order valence-corrected chi connectivity index (χ4v) is 1.65. The number of hydrogen-bond acceptors (Lipinski definition) is 2. The van der Waals surface area contributed by atoms with Gasteiger partial charge in [0, 0.05) is 6.04 Å². The van der Waals surface area contributed by atoms with E-state index in [1.165, 1.54) is 32.1 Å². The largest absolute Gasteiger partial charge is 0.368 e. The van der Waals surface area contributed by atoms with Crippen molar-refractivity contribution in [3.8, 4) is 0 Å². The Hall–Kier alpha value is -0.570. The first-order valence-corrected chi connectivity index (χ1v) is 6.13. The summed E-state index contributed by atoms with van der Waals surface area (Å²) in [4.78, 5) is 10.8. The maximum absolute atomic E-state index is 10.8. The molecule has 2 atom stereocenters. The fourth-order valence-electron chi connectivity index (χ4n) is 1.65. The van der Waals surface area contributed by atoms with Gasteiger partial charge in [-0.15, -0.1) is 0 Å². The normalized spacial score (nSPS) is 14.9. The SMILES string of the molecule is CCCCCCCC(C)NC(C)C(N)=O. The van der Waals surface area contributed by atoms with Gasteiger partial charge in [0.05, 0.1) is 6.04 Å². The van der Waals surface area contributed by atoms with Gasteiger partial charge in [0.25, 0.3) is 0 Å². The van der Waals surface area contributed by atoms with E-state index < -0.39 is 0 Å². The minimum absolute atomic E-state index is 0.212. The Kier molecular flexibility index (Phi) is 8.38. The smallest absolute Gasteiger partial charge is 0.234 e. The molecule has 1 amide bonds. The van der Waals surface area contributed by atoms with Crippen LogP contribution in [0.15, 0.2) is 0 Å². The van der Waals surface area contributed by atoms with E-state index in [9.17, 15) is 4.79 Å². The third kappa shape index (κ3) is 8.43. The standard InChI is InChI=1S/C12H26N2O/c1-4-5-6-7-8-9-10(2)14-11(3)12(13)15/h10-11,14H,4-9H2,1-3H3,(H2,13,15). The van der Waals surface area contributed by atoms with E-state index in [0.29, 0.717) is 6.04 Å². The van der Waals surface area contributed by atoms with Crippen molar-refractivity contribution in [3.05, 3.63) is 0 Å². The van der Waals surface area contributed by atoms with Crippen molar-refractivity contribution in [2.75, 3.05) is 0 Å². The number of nitrogens with two attached hydrogens (primary N) is 1. The molecule has 2 unspecified atom stereocenters. The van der Waals surface area contributed by atoms with E-state index in [1.807, 2.05) is 6.92 Å². The quantitative estimate of drug-likeness (QED) is 0.578. The average Bonchev–Trinajstić information content (AvgIpc) is 2.17. The molecule has 0 aromatic carbocycles. The summed E-state index contributed by atoms with van der Waals surface area (Å²) in [7, 11) is 0. The van der Waals surface area contributed by atoms with Crippen LogP contribution in [0.5, 0.6) is 0 Å². The molecule has 0 aliphatic heterocycles. The van der Waals surface area contributed by atoms with Crippen LogP contribution in [-0.2, 0) is 4.79 Å². The molecule has 0 saturated heterocycles. The van der Waals surface area contributed by atoms with Crippen molar-refractivity contribution in [1.29, 1.82) is 0 Å². The van der Waals surface area contributed by atoms with Gasteiger partial charge < -0.3 is 11.1 Å². The Labute approximate surface area is 93.8 Å². The van der Waals surface area contributed by atoms with Crippen LogP contribution < -0.4 is 11.1 Å². The molecular weight excluding hydrogens is 188 g/mol. The zero-order valence-electron chi connectivity index (χ0n) is 10.4. The molecule has 0 aromatic rings. The molecule has 3 nitrogen and oxygen atoms in total. The first kappa shape index (κ1) is 14.4. The summed E-state index contributed by atoms with van der Waals surface area (Å²) < 4.78 is 0. The van der Waals surface area contributed by atoms with Gasteiger partial charge in [-0.1, -0.05) is 39.0 Å². The summed E-state index contributed by atoms with van der Waals surface area (Å²) in [6.45, 7) is 6.15. The van der Waals surface area contributed by atoms with Crippen LogP contribution in [0.3, 0.4) is 0 Å². The number of nitrogens with one attached hydrogen (secondary N) is 1. The van der Waals surface area contributed by atoms with Gasteiger partial charge >= 0.3 is 0 Å². The maximum atomic E-state index is 10.8. The van der Waals surface area contributed by atoms with Crippen molar-refractivity contribution in [2.24, 2.45) is 5.73 Å². The number of primary amides is 1.